The standard InChI is InChI=1S/C17H24BrN3O3/c1-17(2,3)24-16(23)21-10-8-20(9-11-21)15(22)19-12-13-4-6-14(18)7-5-13/h4-7H,8-12H2,1-3H3,(H,19,22). The molecule has 0 saturated carbocycles. The van der Waals surface area contributed by atoms with E-state index in [-0.39, 0.29) is 12.1 Å². The first-order valence-electron chi connectivity index (χ1n) is 8.00. The van der Waals surface area contributed by atoms with Crippen LogP contribution in [0.1, 0.15) is 26.3 Å². The number of nitrogens with zero attached hydrogens (tertiary/aromatic N) is 2. The van der Waals surface area contributed by atoms with Crippen LogP contribution in [-0.2, 0) is 11.3 Å². The predicted octanol–water partition coefficient (Wildman–Crippen LogP) is 3.21. The molecule has 1 aromatic rings. The summed E-state index contributed by atoms with van der Waals surface area (Å²) in [5.74, 6) is 0. The monoisotopic (exact) mass is 397 g/mol. The van der Waals surface area contributed by atoms with Gasteiger partial charge in [-0.25, -0.2) is 9.59 Å². The molecule has 1 fully saturated rings. The number of halogens is 1. The summed E-state index contributed by atoms with van der Waals surface area (Å²) in [7, 11) is 0. The predicted molar refractivity (Wildman–Crippen MR) is 95.8 cm³/mol. The van der Waals surface area contributed by atoms with Crippen LogP contribution in [0.3, 0.4) is 0 Å². The highest BCUT2D eigenvalue weighted by Gasteiger charge is 2.27. The maximum atomic E-state index is 12.2. The number of piperazine rings is 1. The number of carbonyl (C=O) groups excluding carboxylic acids is 2. The minimum atomic E-state index is -0.504. The summed E-state index contributed by atoms with van der Waals surface area (Å²) >= 11 is 3.39. The Bertz CT molecular complexity index is 576. The molecule has 3 amide bonds. The number of amides is 3. The lowest BCUT2D eigenvalue weighted by molar-refractivity contribution is 0.0170. The number of hydrogen-bond acceptors (Lipinski definition) is 3. The van der Waals surface area contributed by atoms with Gasteiger partial charge in [-0.1, -0.05) is 28.1 Å². The van der Waals surface area contributed by atoms with Gasteiger partial charge in [-0.2, -0.15) is 0 Å². The number of nitrogens with one attached hydrogen (secondary N) is 1. The Morgan fingerprint density at radius 1 is 1.08 bits per heavy atom. The maximum absolute atomic E-state index is 12.2. The fourth-order valence-electron chi connectivity index (χ4n) is 2.31. The molecule has 0 spiro atoms. The third-order valence-electron chi connectivity index (χ3n) is 3.58. The van der Waals surface area contributed by atoms with Crippen molar-refractivity contribution in [1.82, 2.24) is 15.1 Å². The normalized spacial score (nSPS) is 15.2. The van der Waals surface area contributed by atoms with Crippen LogP contribution in [0.2, 0.25) is 0 Å². The van der Waals surface area contributed by atoms with E-state index in [9.17, 15) is 9.59 Å². The molecule has 1 saturated heterocycles. The van der Waals surface area contributed by atoms with Gasteiger partial charge in [0.25, 0.3) is 0 Å². The van der Waals surface area contributed by atoms with Crippen molar-refractivity contribution in [2.45, 2.75) is 32.9 Å². The van der Waals surface area contributed by atoms with E-state index in [2.05, 4.69) is 21.2 Å². The van der Waals surface area contributed by atoms with Gasteiger partial charge < -0.3 is 19.9 Å². The van der Waals surface area contributed by atoms with Crippen molar-refractivity contribution < 1.29 is 14.3 Å². The van der Waals surface area contributed by atoms with Gasteiger partial charge in [0.15, 0.2) is 0 Å². The third kappa shape index (κ3) is 5.70. The number of ether oxygens (including phenoxy) is 1. The first-order chi connectivity index (χ1) is 11.2. The molecular weight excluding hydrogens is 374 g/mol. The number of rotatable bonds is 2. The summed E-state index contributed by atoms with van der Waals surface area (Å²) in [6, 6.07) is 7.71. The van der Waals surface area contributed by atoms with Crippen LogP contribution in [0.4, 0.5) is 9.59 Å². The Labute approximate surface area is 151 Å². The van der Waals surface area contributed by atoms with Crippen molar-refractivity contribution in [3.05, 3.63) is 34.3 Å². The second kappa shape index (κ2) is 7.88. The average molecular weight is 398 g/mol. The molecule has 2 rings (SSSR count). The van der Waals surface area contributed by atoms with Crippen molar-refractivity contribution in [1.29, 1.82) is 0 Å². The minimum absolute atomic E-state index is 0.109. The minimum Gasteiger partial charge on any atom is -0.444 e. The van der Waals surface area contributed by atoms with Crippen molar-refractivity contribution in [2.24, 2.45) is 0 Å². The van der Waals surface area contributed by atoms with E-state index in [1.807, 2.05) is 45.0 Å². The van der Waals surface area contributed by atoms with E-state index in [0.717, 1.165) is 10.0 Å². The van der Waals surface area contributed by atoms with Gasteiger partial charge in [0, 0.05) is 37.2 Å². The molecule has 1 aliphatic heterocycles. The Morgan fingerprint density at radius 2 is 1.62 bits per heavy atom. The smallest absolute Gasteiger partial charge is 0.410 e. The Balaban J connectivity index is 1.76. The second-order valence-electron chi connectivity index (χ2n) is 6.74. The molecule has 0 bridgehead atoms. The highest BCUT2D eigenvalue weighted by Crippen LogP contribution is 2.12. The molecular formula is C17H24BrN3O3. The van der Waals surface area contributed by atoms with Crippen molar-refractivity contribution in [3.8, 4) is 0 Å². The molecule has 0 radical (unpaired) electrons. The highest BCUT2D eigenvalue weighted by atomic mass is 79.9. The fraction of sp³-hybridized carbons (Fsp3) is 0.529. The largest absolute Gasteiger partial charge is 0.444 e. The number of carbonyl (C=O) groups is 2. The third-order valence-corrected chi connectivity index (χ3v) is 4.10. The van der Waals surface area contributed by atoms with Crippen LogP contribution in [-0.4, -0.2) is 53.7 Å². The van der Waals surface area contributed by atoms with Gasteiger partial charge in [-0.3, -0.25) is 0 Å². The molecule has 6 nitrogen and oxygen atoms in total. The average Bonchev–Trinajstić information content (AvgIpc) is 2.52. The molecule has 0 unspecified atom stereocenters. The van der Waals surface area contributed by atoms with Gasteiger partial charge in [-0.05, 0) is 38.5 Å². The molecule has 7 heteroatoms. The van der Waals surface area contributed by atoms with Crippen LogP contribution >= 0.6 is 15.9 Å². The summed E-state index contributed by atoms with van der Waals surface area (Å²) in [5, 5.41) is 2.91. The summed E-state index contributed by atoms with van der Waals surface area (Å²) in [4.78, 5) is 27.6. The molecule has 0 aromatic heterocycles. The summed E-state index contributed by atoms with van der Waals surface area (Å²) in [5.41, 5.74) is 0.537. The van der Waals surface area contributed by atoms with Gasteiger partial charge in [0.05, 0.1) is 0 Å². The van der Waals surface area contributed by atoms with Gasteiger partial charge >= 0.3 is 12.1 Å². The van der Waals surface area contributed by atoms with E-state index < -0.39 is 5.60 Å². The van der Waals surface area contributed by atoms with E-state index >= 15 is 0 Å². The lowest BCUT2D eigenvalue weighted by Crippen LogP contribution is -2.53. The zero-order chi connectivity index (χ0) is 17.7. The Morgan fingerprint density at radius 3 is 2.17 bits per heavy atom. The number of benzene rings is 1. The molecule has 1 aliphatic rings. The van der Waals surface area contributed by atoms with Crippen LogP contribution in [0.15, 0.2) is 28.7 Å². The summed E-state index contributed by atoms with van der Waals surface area (Å²) in [6.07, 6.45) is -0.322. The number of hydrogen-bond donors (Lipinski definition) is 1. The van der Waals surface area contributed by atoms with Crippen molar-refractivity contribution in [3.63, 3.8) is 0 Å². The highest BCUT2D eigenvalue weighted by molar-refractivity contribution is 9.10. The van der Waals surface area contributed by atoms with Gasteiger partial charge in [-0.15, -0.1) is 0 Å². The van der Waals surface area contributed by atoms with E-state index in [4.69, 9.17) is 4.74 Å². The van der Waals surface area contributed by atoms with Crippen LogP contribution < -0.4 is 5.32 Å². The van der Waals surface area contributed by atoms with Gasteiger partial charge in [0.1, 0.15) is 5.60 Å². The zero-order valence-corrected chi connectivity index (χ0v) is 15.9. The van der Waals surface area contributed by atoms with Crippen LogP contribution in [0.5, 0.6) is 0 Å². The van der Waals surface area contributed by atoms with Crippen molar-refractivity contribution >= 4 is 28.1 Å². The molecule has 1 aromatic carbocycles. The second-order valence-corrected chi connectivity index (χ2v) is 7.66. The topological polar surface area (TPSA) is 61.9 Å². The fourth-order valence-corrected chi connectivity index (χ4v) is 2.57. The lowest BCUT2D eigenvalue weighted by atomic mass is 10.2. The van der Waals surface area contributed by atoms with Gasteiger partial charge in [0.2, 0.25) is 0 Å². The lowest BCUT2D eigenvalue weighted by Gasteiger charge is -2.35. The first-order valence-corrected chi connectivity index (χ1v) is 8.79. The molecule has 0 aliphatic carbocycles. The first kappa shape index (κ1) is 18.6. The zero-order valence-electron chi connectivity index (χ0n) is 14.3. The van der Waals surface area contributed by atoms with Crippen molar-refractivity contribution in [2.75, 3.05) is 26.2 Å². The number of urea groups is 1. The SMILES string of the molecule is CC(C)(C)OC(=O)N1CCN(C(=O)NCc2ccc(Br)cc2)CC1. The Hall–Kier alpha value is -1.76. The van der Waals surface area contributed by atoms with E-state index in [0.29, 0.717) is 32.7 Å². The molecule has 0 atom stereocenters. The molecule has 24 heavy (non-hydrogen) atoms. The maximum Gasteiger partial charge on any atom is 0.410 e. The molecule has 1 N–H and O–H groups in total. The molecule has 1 heterocycles. The van der Waals surface area contributed by atoms with E-state index in [1.54, 1.807) is 9.80 Å². The Kier molecular flexibility index (Phi) is 6.10. The summed E-state index contributed by atoms with van der Waals surface area (Å²) in [6.45, 7) is 8.00. The summed E-state index contributed by atoms with van der Waals surface area (Å²) < 4.78 is 6.36. The van der Waals surface area contributed by atoms with Crippen LogP contribution in [0.25, 0.3) is 0 Å². The quantitative estimate of drug-likeness (QED) is 0.832. The van der Waals surface area contributed by atoms with E-state index in [1.165, 1.54) is 0 Å². The molecule has 132 valence electrons. The van der Waals surface area contributed by atoms with Crippen LogP contribution in [0, 0.1) is 0 Å².